The highest BCUT2D eigenvalue weighted by Gasteiger charge is 2.19. The van der Waals surface area contributed by atoms with Crippen molar-refractivity contribution in [3.8, 4) is 23.6 Å². The second kappa shape index (κ2) is 7.62. The number of nitriles is 2. The first-order valence-electron chi connectivity index (χ1n) is 7.06. The molecule has 2 aromatic rings. The first-order valence-corrected chi connectivity index (χ1v) is 7.06. The molecule has 0 heterocycles. The quantitative estimate of drug-likeness (QED) is 0.358. The highest BCUT2D eigenvalue weighted by Crippen LogP contribution is 2.36. The lowest BCUT2D eigenvalue weighted by atomic mass is 10.0. The number of nitrogens with zero attached hydrogens (tertiary/aromatic N) is 3. The molecule has 0 aliphatic rings. The minimum Gasteiger partial charge on any atom is -0.496 e. The molecule has 0 bridgehead atoms. The minimum absolute atomic E-state index is 0.0656. The van der Waals surface area contributed by atoms with E-state index >= 15 is 0 Å². The number of nitro benzene ring substituents is 1. The van der Waals surface area contributed by atoms with Gasteiger partial charge >= 0.3 is 5.69 Å². The molecule has 0 amide bonds. The van der Waals surface area contributed by atoms with Crippen molar-refractivity contribution >= 4 is 17.3 Å². The van der Waals surface area contributed by atoms with Crippen LogP contribution in [0.4, 0.5) is 5.69 Å². The molecule has 0 saturated heterocycles. The molecule has 2 aromatic carbocycles. The number of allylic oxidation sites excluding steroid dienone is 1. The smallest absolute Gasteiger partial charge is 0.311 e. The fourth-order valence-electron chi connectivity index (χ4n) is 2.22. The summed E-state index contributed by atoms with van der Waals surface area (Å²) in [5.41, 5.74) is 1.48. The molecule has 0 saturated carbocycles. The summed E-state index contributed by atoms with van der Waals surface area (Å²) in [4.78, 5) is 10.6. The largest absolute Gasteiger partial charge is 0.496 e. The second-order valence-electron chi connectivity index (χ2n) is 4.88. The Labute approximate surface area is 144 Å². The summed E-state index contributed by atoms with van der Waals surface area (Å²) in [7, 11) is 2.75. The molecular formula is C18H13N3O4. The summed E-state index contributed by atoms with van der Waals surface area (Å²) in [6.45, 7) is 0. The van der Waals surface area contributed by atoms with Crippen molar-refractivity contribution in [3.05, 3.63) is 63.2 Å². The van der Waals surface area contributed by atoms with Gasteiger partial charge in [-0.05, 0) is 23.8 Å². The molecule has 0 aliphatic carbocycles. The first-order chi connectivity index (χ1) is 12.0. The zero-order chi connectivity index (χ0) is 18.4. The van der Waals surface area contributed by atoms with Crippen LogP contribution in [0.15, 0.2) is 36.4 Å². The SMILES string of the molecule is COc1cc(OC)c([N+](=O)[O-])cc1/C=C(/C#N)c1ccc(C#N)cc1. The topological polar surface area (TPSA) is 109 Å². The van der Waals surface area contributed by atoms with Gasteiger partial charge in [0.2, 0.25) is 5.75 Å². The molecule has 25 heavy (non-hydrogen) atoms. The predicted molar refractivity (Wildman–Crippen MR) is 90.8 cm³/mol. The molecule has 0 aromatic heterocycles. The van der Waals surface area contributed by atoms with Gasteiger partial charge in [0.25, 0.3) is 0 Å². The lowest BCUT2D eigenvalue weighted by molar-refractivity contribution is -0.385. The van der Waals surface area contributed by atoms with Gasteiger partial charge in [-0.15, -0.1) is 0 Å². The third-order valence-electron chi connectivity index (χ3n) is 3.47. The molecule has 0 aliphatic heterocycles. The maximum atomic E-state index is 11.2. The van der Waals surface area contributed by atoms with Crippen LogP contribution in [0.3, 0.4) is 0 Å². The predicted octanol–water partition coefficient (Wildman–Crippen LogP) is 3.55. The number of nitro groups is 1. The van der Waals surface area contributed by atoms with Crippen LogP contribution in [0, 0.1) is 32.8 Å². The Bertz CT molecular complexity index is 919. The van der Waals surface area contributed by atoms with Gasteiger partial charge < -0.3 is 9.47 Å². The maximum Gasteiger partial charge on any atom is 0.311 e. The van der Waals surface area contributed by atoms with Gasteiger partial charge in [0.15, 0.2) is 0 Å². The average Bonchev–Trinajstić information content (AvgIpc) is 2.65. The van der Waals surface area contributed by atoms with Gasteiger partial charge in [-0.3, -0.25) is 10.1 Å². The van der Waals surface area contributed by atoms with E-state index in [1.54, 1.807) is 24.3 Å². The molecule has 2 rings (SSSR count). The van der Waals surface area contributed by atoms with E-state index in [0.29, 0.717) is 22.4 Å². The van der Waals surface area contributed by atoms with Gasteiger partial charge in [-0.1, -0.05) is 12.1 Å². The van der Waals surface area contributed by atoms with Crippen LogP contribution in [0.25, 0.3) is 11.6 Å². The summed E-state index contributed by atoms with van der Waals surface area (Å²) in [6.07, 6.45) is 1.49. The standard InChI is InChI=1S/C18H13N3O4/c1-24-17-9-18(25-2)16(21(22)23)8-14(17)7-15(11-20)13-5-3-12(10-19)4-6-13/h3-9H,1-2H3/b15-7-. The second-order valence-corrected chi connectivity index (χ2v) is 4.88. The Kier molecular flexibility index (Phi) is 5.34. The Morgan fingerprint density at radius 2 is 1.76 bits per heavy atom. The van der Waals surface area contributed by atoms with Crippen molar-refractivity contribution in [3.63, 3.8) is 0 Å². The van der Waals surface area contributed by atoms with E-state index in [9.17, 15) is 15.4 Å². The zero-order valence-corrected chi connectivity index (χ0v) is 13.5. The number of benzene rings is 2. The molecule has 0 atom stereocenters. The van der Waals surface area contributed by atoms with Crippen LogP contribution >= 0.6 is 0 Å². The fourth-order valence-corrected chi connectivity index (χ4v) is 2.22. The molecule has 0 N–H and O–H groups in total. The normalized spacial score (nSPS) is 10.5. The van der Waals surface area contributed by atoms with E-state index < -0.39 is 4.92 Å². The van der Waals surface area contributed by atoms with Crippen LogP contribution in [0.1, 0.15) is 16.7 Å². The summed E-state index contributed by atoms with van der Waals surface area (Å²) >= 11 is 0. The molecule has 7 heteroatoms. The lowest BCUT2D eigenvalue weighted by Gasteiger charge is -2.09. The van der Waals surface area contributed by atoms with Crippen molar-refractivity contribution in [2.24, 2.45) is 0 Å². The minimum atomic E-state index is -0.566. The molecule has 0 fully saturated rings. The van der Waals surface area contributed by atoms with Crippen molar-refractivity contribution in [2.75, 3.05) is 14.2 Å². The van der Waals surface area contributed by atoms with E-state index in [0.717, 1.165) is 0 Å². The number of ether oxygens (including phenoxy) is 2. The van der Waals surface area contributed by atoms with Gasteiger partial charge in [0, 0.05) is 17.7 Å². The van der Waals surface area contributed by atoms with Crippen LogP contribution in [-0.2, 0) is 0 Å². The third-order valence-corrected chi connectivity index (χ3v) is 3.47. The highest BCUT2D eigenvalue weighted by molar-refractivity contribution is 5.91. The number of hydrogen-bond donors (Lipinski definition) is 0. The van der Waals surface area contributed by atoms with Gasteiger partial charge in [0.05, 0.1) is 42.4 Å². The molecule has 124 valence electrons. The van der Waals surface area contributed by atoms with Crippen molar-refractivity contribution in [1.82, 2.24) is 0 Å². The van der Waals surface area contributed by atoms with Crippen LogP contribution in [-0.4, -0.2) is 19.1 Å². The van der Waals surface area contributed by atoms with E-state index in [1.165, 1.54) is 32.4 Å². The first kappa shape index (κ1) is 17.5. The Hall–Kier alpha value is -3.84. The van der Waals surface area contributed by atoms with Crippen molar-refractivity contribution < 1.29 is 14.4 Å². The fraction of sp³-hybridized carbons (Fsp3) is 0.111. The number of methoxy groups -OCH3 is 2. The van der Waals surface area contributed by atoms with Gasteiger partial charge in [0.1, 0.15) is 5.75 Å². The Balaban J connectivity index is 2.59. The monoisotopic (exact) mass is 335 g/mol. The van der Waals surface area contributed by atoms with E-state index in [-0.39, 0.29) is 17.0 Å². The van der Waals surface area contributed by atoms with Gasteiger partial charge in [-0.25, -0.2) is 0 Å². The summed E-state index contributed by atoms with van der Waals surface area (Å²) in [6, 6.07) is 13.2. The molecular weight excluding hydrogens is 322 g/mol. The van der Waals surface area contributed by atoms with Crippen LogP contribution in [0.2, 0.25) is 0 Å². The number of rotatable bonds is 5. The Morgan fingerprint density at radius 1 is 1.12 bits per heavy atom. The molecule has 0 unspecified atom stereocenters. The van der Waals surface area contributed by atoms with E-state index in [4.69, 9.17) is 14.7 Å². The number of hydrogen-bond acceptors (Lipinski definition) is 6. The molecule has 0 spiro atoms. The summed E-state index contributed by atoms with van der Waals surface area (Å²) < 4.78 is 10.2. The summed E-state index contributed by atoms with van der Waals surface area (Å²) in [5.74, 6) is 0.403. The molecule has 7 nitrogen and oxygen atoms in total. The zero-order valence-electron chi connectivity index (χ0n) is 13.5. The van der Waals surface area contributed by atoms with Crippen LogP contribution < -0.4 is 9.47 Å². The maximum absolute atomic E-state index is 11.2. The van der Waals surface area contributed by atoms with Crippen molar-refractivity contribution in [2.45, 2.75) is 0 Å². The third kappa shape index (κ3) is 3.74. The van der Waals surface area contributed by atoms with Crippen molar-refractivity contribution in [1.29, 1.82) is 10.5 Å². The summed E-state index contributed by atoms with van der Waals surface area (Å²) in [5, 5.41) is 29.5. The van der Waals surface area contributed by atoms with Gasteiger partial charge in [-0.2, -0.15) is 10.5 Å². The average molecular weight is 335 g/mol. The Morgan fingerprint density at radius 3 is 2.24 bits per heavy atom. The van der Waals surface area contributed by atoms with E-state index in [2.05, 4.69) is 6.07 Å². The highest BCUT2D eigenvalue weighted by atomic mass is 16.6. The lowest BCUT2D eigenvalue weighted by Crippen LogP contribution is -1.97. The molecule has 0 radical (unpaired) electrons. The van der Waals surface area contributed by atoms with E-state index in [1.807, 2.05) is 6.07 Å². The van der Waals surface area contributed by atoms with Crippen LogP contribution in [0.5, 0.6) is 11.5 Å².